The summed E-state index contributed by atoms with van der Waals surface area (Å²) in [5.74, 6) is 1.43. The van der Waals surface area contributed by atoms with E-state index in [1.807, 2.05) is 60.4 Å². The first-order valence-corrected chi connectivity index (χ1v) is 11.8. The average Bonchev–Trinajstić information content (AvgIpc) is 3.04. The van der Waals surface area contributed by atoms with Crippen molar-refractivity contribution in [3.05, 3.63) is 54.1 Å². The fourth-order valence-electron chi connectivity index (χ4n) is 4.20. The van der Waals surface area contributed by atoms with Gasteiger partial charge in [-0.2, -0.15) is 0 Å². The fourth-order valence-corrected chi connectivity index (χ4v) is 6.18. The van der Waals surface area contributed by atoms with E-state index in [0.29, 0.717) is 18.9 Å². The Bertz CT molecular complexity index is 1000. The summed E-state index contributed by atoms with van der Waals surface area (Å²) in [6, 6.07) is 14.3. The van der Waals surface area contributed by atoms with Gasteiger partial charge < -0.3 is 14.4 Å². The van der Waals surface area contributed by atoms with Crippen LogP contribution in [-0.2, 0) is 14.6 Å². The molecule has 0 radical (unpaired) electrons. The number of nitrogens with zero attached hydrogens (tertiary/aromatic N) is 2. The van der Waals surface area contributed by atoms with Crippen molar-refractivity contribution in [3.63, 3.8) is 0 Å². The Kier molecular flexibility index (Phi) is 5.71. The molecule has 0 spiro atoms. The van der Waals surface area contributed by atoms with Crippen LogP contribution in [0.4, 0.5) is 5.69 Å². The van der Waals surface area contributed by atoms with Crippen molar-refractivity contribution in [2.24, 2.45) is 0 Å². The van der Waals surface area contributed by atoms with Gasteiger partial charge in [0.15, 0.2) is 9.84 Å². The van der Waals surface area contributed by atoms with Crippen molar-refractivity contribution in [2.75, 3.05) is 43.2 Å². The van der Waals surface area contributed by atoms with Gasteiger partial charge in [-0.05, 0) is 43.3 Å². The molecule has 0 aliphatic carbocycles. The topological polar surface area (TPSA) is 76.2 Å². The molecule has 2 aromatic carbocycles. The van der Waals surface area contributed by atoms with Crippen molar-refractivity contribution in [1.29, 1.82) is 0 Å². The van der Waals surface area contributed by atoms with E-state index in [1.54, 1.807) is 12.0 Å². The van der Waals surface area contributed by atoms with Gasteiger partial charge in [0, 0.05) is 18.3 Å². The van der Waals surface area contributed by atoms with E-state index in [-0.39, 0.29) is 36.0 Å². The van der Waals surface area contributed by atoms with Crippen LogP contribution >= 0.6 is 0 Å². The lowest BCUT2D eigenvalue weighted by Gasteiger charge is -2.43. The third-order valence-corrected chi connectivity index (χ3v) is 7.42. The summed E-state index contributed by atoms with van der Waals surface area (Å²) in [5.41, 5.74) is 1.85. The molecule has 1 amide bonds. The van der Waals surface area contributed by atoms with Gasteiger partial charge in [0.1, 0.15) is 18.1 Å². The summed E-state index contributed by atoms with van der Waals surface area (Å²) in [4.78, 5) is 16.6. The van der Waals surface area contributed by atoms with Crippen molar-refractivity contribution in [3.8, 4) is 11.5 Å². The molecule has 4 rings (SSSR count). The molecule has 2 aliphatic rings. The Hall–Kier alpha value is -2.58. The summed E-state index contributed by atoms with van der Waals surface area (Å²) in [6.07, 6.45) is 0. The molecule has 160 valence electrons. The standard InChI is InChI=1S/C22H26N2O5S/c1-16-3-5-17(6-4-16)24-21-15-30(26,27)14-20(21)23(13-22(24)25)11-12-29-19-9-7-18(28-2)8-10-19/h3-10,20-21H,11-15H2,1-2H3/t20-,21+/m0/s1. The number of carbonyl (C=O) groups excluding carboxylic acids is 1. The highest BCUT2D eigenvalue weighted by Gasteiger charge is 2.49. The summed E-state index contributed by atoms with van der Waals surface area (Å²) < 4.78 is 35.8. The molecule has 2 fully saturated rings. The number of ether oxygens (including phenoxy) is 2. The van der Waals surface area contributed by atoms with Crippen LogP contribution in [0.2, 0.25) is 0 Å². The molecule has 0 N–H and O–H groups in total. The zero-order chi connectivity index (χ0) is 21.3. The van der Waals surface area contributed by atoms with E-state index < -0.39 is 9.84 Å². The summed E-state index contributed by atoms with van der Waals surface area (Å²) in [7, 11) is -1.60. The lowest BCUT2D eigenvalue weighted by molar-refractivity contribution is -0.123. The van der Waals surface area contributed by atoms with E-state index >= 15 is 0 Å². The average molecular weight is 431 g/mol. The number of carbonyl (C=O) groups is 1. The van der Waals surface area contributed by atoms with Crippen molar-refractivity contribution in [2.45, 2.75) is 19.0 Å². The third kappa shape index (κ3) is 4.29. The Balaban J connectivity index is 1.47. The molecule has 2 heterocycles. The third-order valence-electron chi connectivity index (χ3n) is 5.72. The van der Waals surface area contributed by atoms with Crippen LogP contribution in [0.3, 0.4) is 0 Å². The number of amides is 1. The first kappa shape index (κ1) is 20.7. The highest BCUT2D eigenvalue weighted by atomic mass is 32.2. The lowest BCUT2D eigenvalue weighted by Crippen LogP contribution is -2.62. The number of hydrogen-bond acceptors (Lipinski definition) is 6. The molecule has 0 unspecified atom stereocenters. The number of piperazine rings is 1. The van der Waals surface area contributed by atoms with Gasteiger partial charge in [0.25, 0.3) is 0 Å². The largest absolute Gasteiger partial charge is 0.497 e. The second-order valence-electron chi connectivity index (χ2n) is 7.81. The van der Waals surface area contributed by atoms with Gasteiger partial charge in [-0.25, -0.2) is 8.42 Å². The minimum Gasteiger partial charge on any atom is -0.497 e. The normalized spacial score (nSPS) is 23.3. The van der Waals surface area contributed by atoms with E-state index in [9.17, 15) is 13.2 Å². The Labute approximate surface area is 177 Å². The molecule has 0 saturated carbocycles. The van der Waals surface area contributed by atoms with Crippen LogP contribution < -0.4 is 14.4 Å². The van der Waals surface area contributed by atoms with E-state index in [2.05, 4.69) is 0 Å². The van der Waals surface area contributed by atoms with Crippen LogP contribution in [0, 0.1) is 6.92 Å². The Morgan fingerprint density at radius 2 is 1.60 bits per heavy atom. The van der Waals surface area contributed by atoms with Crippen LogP contribution in [0.1, 0.15) is 5.56 Å². The van der Waals surface area contributed by atoms with Crippen LogP contribution in [0.15, 0.2) is 48.5 Å². The molecule has 2 aromatic rings. The maximum Gasteiger partial charge on any atom is 0.241 e. The van der Waals surface area contributed by atoms with Gasteiger partial charge in [0.2, 0.25) is 5.91 Å². The zero-order valence-corrected chi connectivity index (χ0v) is 18.0. The second kappa shape index (κ2) is 8.28. The number of rotatable bonds is 6. The molecule has 0 aromatic heterocycles. The van der Waals surface area contributed by atoms with Gasteiger partial charge in [-0.3, -0.25) is 9.69 Å². The Morgan fingerprint density at radius 3 is 2.27 bits per heavy atom. The number of aryl methyl sites for hydroxylation is 1. The number of methoxy groups -OCH3 is 1. The molecular formula is C22H26N2O5S. The summed E-state index contributed by atoms with van der Waals surface area (Å²) in [5, 5.41) is 0. The highest BCUT2D eigenvalue weighted by Crippen LogP contribution is 2.31. The van der Waals surface area contributed by atoms with E-state index in [1.165, 1.54) is 0 Å². The smallest absolute Gasteiger partial charge is 0.241 e. The first-order valence-electron chi connectivity index (χ1n) is 9.96. The molecular weight excluding hydrogens is 404 g/mol. The van der Waals surface area contributed by atoms with E-state index in [0.717, 1.165) is 17.0 Å². The first-order chi connectivity index (χ1) is 14.4. The zero-order valence-electron chi connectivity index (χ0n) is 17.2. The SMILES string of the molecule is COc1ccc(OCCN2CC(=O)N(c3ccc(C)cc3)[C@@H]3CS(=O)(=O)C[C@@H]32)cc1. The van der Waals surface area contributed by atoms with Crippen LogP contribution in [0.5, 0.6) is 11.5 Å². The predicted octanol–water partition coefficient (Wildman–Crippen LogP) is 1.90. The van der Waals surface area contributed by atoms with Crippen molar-refractivity contribution < 1.29 is 22.7 Å². The number of sulfone groups is 1. The summed E-state index contributed by atoms with van der Waals surface area (Å²) in [6.45, 7) is 3.01. The van der Waals surface area contributed by atoms with E-state index in [4.69, 9.17) is 9.47 Å². The Morgan fingerprint density at radius 1 is 0.967 bits per heavy atom. The maximum absolute atomic E-state index is 13.0. The quantitative estimate of drug-likeness (QED) is 0.697. The highest BCUT2D eigenvalue weighted by molar-refractivity contribution is 7.91. The minimum atomic E-state index is -3.21. The van der Waals surface area contributed by atoms with Crippen LogP contribution in [0.25, 0.3) is 0 Å². The second-order valence-corrected chi connectivity index (χ2v) is 9.96. The molecule has 8 heteroatoms. The molecule has 7 nitrogen and oxygen atoms in total. The monoisotopic (exact) mass is 430 g/mol. The fraction of sp³-hybridized carbons (Fsp3) is 0.409. The summed E-state index contributed by atoms with van der Waals surface area (Å²) >= 11 is 0. The minimum absolute atomic E-state index is 0.00683. The number of benzene rings is 2. The van der Waals surface area contributed by atoms with Gasteiger partial charge in [0.05, 0.1) is 31.2 Å². The molecule has 2 aliphatic heterocycles. The lowest BCUT2D eigenvalue weighted by atomic mass is 10.0. The maximum atomic E-state index is 13.0. The predicted molar refractivity (Wildman–Crippen MR) is 115 cm³/mol. The van der Waals surface area contributed by atoms with Crippen LogP contribution in [-0.4, -0.2) is 69.6 Å². The molecule has 30 heavy (non-hydrogen) atoms. The molecule has 2 saturated heterocycles. The van der Waals surface area contributed by atoms with Crippen molar-refractivity contribution >= 4 is 21.4 Å². The molecule has 0 bridgehead atoms. The van der Waals surface area contributed by atoms with Gasteiger partial charge in [-0.1, -0.05) is 17.7 Å². The van der Waals surface area contributed by atoms with Gasteiger partial charge in [-0.15, -0.1) is 0 Å². The van der Waals surface area contributed by atoms with Gasteiger partial charge >= 0.3 is 0 Å². The number of fused-ring (bicyclic) bond motifs is 1. The number of hydrogen-bond donors (Lipinski definition) is 0. The molecule has 2 atom stereocenters. The number of anilines is 1. The van der Waals surface area contributed by atoms with Crippen molar-refractivity contribution in [1.82, 2.24) is 4.90 Å².